The van der Waals surface area contributed by atoms with Crippen LogP contribution in [0.5, 0.6) is 0 Å². The van der Waals surface area contributed by atoms with Crippen LogP contribution in [-0.4, -0.2) is 41.2 Å². The Balaban J connectivity index is 1.50. The number of aromatic nitrogens is 2. The van der Waals surface area contributed by atoms with Crippen molar-refractivity contribution < 1.29 is 27.5 Å². The number of halogens is 3. The number of imidazole rings is 1. The van der Waals surface area contributed by atoms with E-state index in [2.05, 4.69) is 0 Å². The molecule has 1 saturated heterocycles. The number of nitrogens with zero attached hydrogens (tertiary/aromatic N) is 4. The van der Waals surface area contributed by atoms with Gasteiger partial charge in [0.15, 0.2) is 0 Å². The van der Waals surface area contributed by atoms with Gasteiger partial charge in [0, 0.05) is 31.2 Å². The number of aryl methyl sites for hydroxylation is 2. The molecule has 0 N–H and O–H groups in total. The average molecular weight is 579 g/mol. The van der Waals surface area contributed by atoms with E-state index in [9.17, 15) is 22.8 Å². The van der Waals surface area contributed by atoms with Gasteiger partial charge in [-0.1, -0.05) is 43.3 Å². The molecule has 1 aliphatic rings. The Bertz CT molecular complexity index is 1610. The highest BCUT2D eigenvalue weighted by atomic mass is 19.4. The first-order valence-corrected chi connectivity index (χ1v) is 14.0. The summed E-state index contributed by atoms with van der Waals surface area (Å²) in [5, 5.41) is 0. The van der Waals surface area contributed by atoms with Gasteiger partial charge in [0.2, 0.25) is 11.8 Å². The number of alkyl halides is 3. The fourth-order valence-corrected chi connectivity index (χ4v) is 5.61. The monoisotopic (exact) mass is 578 g/mol. The van der Waals surface area contributed by atoms with E-state index in [0.29, 0.717) is 17.9 Å². The van der Waals surface area contributed by atoms with E-state index in [-0.39, 0.29) is 43.7 Å². The molecule has 5 rings (SSSR count). The summed E-state index contributed by atoms with van der Waals surface area (Å²) in [4.78, 5) is 35.0. The zero-order valence-electron chi connectivity index (χ0n) is 23.8. The first-order valence-electron chi connectivity index (χ1n) is 14.0. The number of hydrogen-bond acceptors (Lipinski definition) is 4. The molecule has 0 radical (unpaired) electrons. The number of hydrogen-bond donors (Lipinski definition) is 0. The van der Waals surface area contributed by atoms with Gasteiger partial charge < -0.3 is 14.2 Å². The summed E-state index contributed by atoms with van der Waals surface area (Å²) >= 11 is 0. The maximum Gasteiger partial charge on any atom is 0.416 e. The van der Waals surface area contributed by atoms with Crippen molar-refractivity contribution in [2.45, 2.75) is 52.3 Å². The minimum atomic E-state index is -4.52. The number of carbonyl (C=O) groups excluding carboxylic acids is 2. The minimum absolute atomic E-state index is 0.0470. The third-order valence-corrected chi connectivity index (χ3v) is 7.65. The Labute approximate surface area is 242 Å². The summed E-state index contributed by atoms with van der Waals surface area (Å²) in [5.74, 6) is -0.368. The number of anilines is 2. The van der Waals surface area contributed by atoms with Crippen LogP contribution < -0.4 is 9.80 Å². The summed E-state index contributed by atoms with van der Waals surface area (Å²) in [7, 11) is 0. The van der Waals surface area contributed by atoms with Gasteiger partial charge in [0.25, 0.3) is 0 Å². The van der Waals surface area contributed by atoms with Crippen molar-refractivity contribution >= 4 is 34.2 Å². The number of benzene rings is 3. The normalized spacial score (nSPS) is 15.5. The molecular formula is C32H33F3N4O3. The molecule has 0 bridgehead atoms. The smallest absolute Gasteiger partial charge is 0.361 e. The van der Waals surface area contributed by atoms with Crippen LogP contribution in [0.2, 0.25) is 0 Å². The van der Waals surface area contributed by atoms with E-state index in [0.717, 1.165) is 40.9 Å². The predicted molar refractivity (Wildman–Crippen MR) is 155 cm³/mol. The molecule has 2 heterocycles. The third kappa shape index (κ3) is 5.76. The summed E-state index contributed by atoms with van der Waals surface area (Å²) in [6.07, 6.45) is -3.72. The zero-order chi connectivity index (χ0) is 30.0. The van der Waals surface area contributed by atoms with Crippen molar-refractivity contribution in [1.29, 1.82) is 0 Å². The van der Waals surface area contributed by atoms with Crippen LogP contribution in [0.1, 0.15) is 48.7 Å². The molecule has 42 heavy (non-hydrogen) atoms. The van der Waals surface area contributed by atoms with Gasteiger partial charge >= 0.3 is 6.18 Å². The van der Waals surface area contributed by atoms with Crippen LogP contribution in [0, 0.1) is 6.92 Å². The summed E-state index contributed by atoms with van der Waals surface area (Å²) in [6.45, 7) is 6.50. The molecule has 7 nitrogen and oxygen atoms in total. The number of carbonyl (C=O) groups is 2. The van der Waals surface area contributed by atoms with Gasteiger partial charge in [-0.05, 0) is 61.7 Å². The van der Waals surface area contributed by atoms with Crippen LogP contribution in [0.25, 0.3) is 11.0 Å². The van der Waals surface area contributed by atoms with Gasteiger partial charge in [-0.15, -0.1) is 0 Å². The first-order chi connectivity index (χ1) is 20.1. The predicted octanol–water partition coefficient (Wildman–Crippen LogP) is 6.47. The van der Waals surface area contributed by atoms with Crippen molar-refractivity contribution in [2.24, 2.45) is 0 Å². The Morgan fingerprint density at radius 2 is 1.83 bits per heavy atom. The second kappa shape index (κ2) is 12.0. The zero-order valence-corrected chi connectivity index (χ0v) is 23.8. The molecule has 3 aromatic carbocycles. The van der Waals surface area contributed by atoms with Crippen molar-refractivity contribution in [1.82, 2.24) is 9.55 Å². The summed E-state index contributed by atoms with van der Waals surface area (Å²) in [5.41, 5.74) is 3.58. The van der Waals surface area contributed by atoms with Gasteiger partial charge in [0.1, 0.15) is 19.1 Å². The fraction of sp³-hybridized carbons (Fsp3) is 0.344. The standard InChI is InChI=1S/C32H33F3N4O3/c1-4-22-11-8-10-21(3)30(22)39(20-42-5-2)29(41)19-38-27-15-7-6-14-26(27)36-31(38)23-16-28(40)37(18-23)25-13-9-12-24(17-25)32(33,34)35/h6-15,17,23H,4-5,16,18-20H2,1-3H3/t23-/m1/s1. The van der Waals surface area contributed by atoms with E-state index >= 15 is 0 Å². The lowest BCUT2D eigenvalue weighted by Crippen LogP contribution is -2.37. The lowest BCUT2D eigenvalue weighted by atomic mass is 10.0. The highest BCUT2D eigenvalue weighted by Crippen LogP contribution is 2.36. The Morgan fingerprint density at radius 3 is 2.57 bits per heavy atom. The van der Waals surface area contributed by atoms with Crippen LogP contribution >= 0.6 is 0 Å². The molecule has 10 heteroatoms. The van der Waals surface area contributed by atoms with Crippen LogP contribution in [-0.2, 0) is 33.5 Å². The van der Waals surface area contributed by atoms with Crippen molar-refractivity contribution in [2.75, 3.05) is 29.7 Å². The largest absolute Gasteiger partial charge is 0.416 e. The average Bonchev–Trinajstić information content (AvgIpc) is 3.53. The number of para-hydroxylation sites is 3. The molecule has 220 valence electrons. The van der Waals surface area contributed by atoms with Crippen molar-refractivity contribution in [3.8, 4) is 0 Å². The summed E-state index contributed by atoms with van der Waals surface area (Å²) in [6, 6.07) is 18.1. The molecular weight excluding hydrogens is 545 g/mol. The molecule has 0 unspecified atom stereocenters. The van der Waals surface area contributed by atoms with Gasteiger partial charge in [-0.3, -0.25) is 14.5 Å². The summed E-state index contributed by atoms with van der Waals surface area (Å²) < 4.78 is 47.6. The topological polar surface area (TPSA) is 67.7 Å². The quantitative estimate of drug-likeness (QED) is 0.214. The molecule has 0 spiro atoms. The molecule has 2 amide bonds. The maximum atomic E-state index is 14.0. The molecule has 4 aromatic rings. The fourth-order valence-electron chi connectivity index (χ4n) is 5.61. The van der Waals surface area contributed by atoms with Crippen LogP contribution in [0.4, 0.5) is 24.5 Å². The van der Waals surface area contributed by atoms with Crippen molar-refractivity contribution in [3.05, 3.63) is 89.2 Å². The Morgan fingerprint density at radius 1 is 1.07 bits per heavy atom. The van der Waals surface area contributed by atoms with Gasteiger partial charge in [-0.2, -0.15) is 13.2 Å². The van der Waals surface area contributed by atoms with Gasteiger partial charge in [-0.25, -0.2) is 4.98 Å². The number of amides is 2. The Kier molecular flexibility index (Phi) is 8.36. The molecule has 1 aliphatic heterocycles. The molecule has 0 saturated carbocycles. The molecule has 1 fully saturated rings. The lowest BCUT2D eigenvalue weighted by molar-refractivity contribution is -0.137. The van der Waals surface area contributed by atoms with E-state index in [1.54, 1.807) is 4.90 Å². The number of ether oxygens (including phenoxy) is 1. The minimum Gasteiger partial charge on any atom is -0.361 e. The Hall–Kier alpha value is -4.18. The van der Waals surface area contributed by atoms with E-state index in [1.807, 2.05) is 67.8 Å². The van der Waals surface area contributed by atoms with E-state index in [1.165, 1.54) is 17.0 Å². The molecule has 0 aliphatic carbocycles. The second-order valence-corrected chi connectivity index (χ2v) is 10.4. The lowest BCUT2D eigenvalue weighted by Gasteiger charge is -2.27. The number of fused-ring (bicyclic) bond motifs is 1. The highest BCUT2D eigenvalue weighted by Gasteiger charge is 2.37. The van der Waals surface area contributed by atoms with E-state index in [4.69, 9.17) is 9.72 Å². The number of rotatable bonds is 9. The third-order valence-electron chi connectivity index (χ3n) is 7.65. The highest BCUT2D eigenvalue weighted by molar-refractivity contribution is 5.97. The van der Waals surface area contributed by atoms with Crippen molar-refractivity contribution in [3.63, 3.8) is 0 Å². The SMILES string of the molecule is CCOCN(C(=O)Cn1c([C@@H]2CC(=O)N(c3cccc(C(F)(F)F)c3)C2)nc2ccccc21)c1c(C)cccc1CC. The first kappa shape index (κ1) is 29.3. The van der Waals surface area contributed by atoms with Crippen LogP contribution in [0.15, 0.2) is 66.7 Å². The van der Waals surface area contributed by atoms with Gasteiger partial charge in [0.05, 0.1) is 22.3 Å². The molecule has 1 aromatic heterocycles. The molecule has 1 atom stereocenters. The van der Waals surface area contributed by atoms with E-state index < -0.39 is 17.7 Å². The van der Waals surface area contributed by atoms with Crippen LogP contribution in [0.3, 0.4) is 0 Å². The maximum absolute atomic E-state index is 14.0. The second-order valence-electron chi connectivity index (χ2n) is 10.4.